The first kappa shape index (κ1) is 27.8. The molecular formula is C32H35N3O4. The highest BCUT2D eigenvalue weighted by molar-refractivity contribution is 6.21. The number of fused-ring (bicyclic) bond motifs is 1. The molecule has 0 radical (unpaired) electrons. The third-order valence-electron chi connectivity index (χ3n) is 6.80. The molecule has 0 unspecified atom stereocenters. The molecule has 0 saturated carbocycles. The van der Waals surface area contributed by atoms with Crippen LogP contribution in [0.4, 0.5) is 0 Å². The molecule has 0 fully saturated rings. The summed E-state index contributed by atoms with van der Waals surface area (Å²) in [5, 5.41) is 3.02. The van der Waals surface area contributed by atoms with Gasteiger partial charge in [-0.1, -0.05) is 86.6 Å². The number of benzene rings is 3. The van der Waals surface area contributed by atoms with E-state index in [-0.39, 0.29) is 49.1 Å². The summed E-state index contributed by atoms with van der Waals surface area (Å²) in [5.74, 6) is -0.795. The summed E-state index contributed by atoms with van der Waals surface area (Å²) in [5.41, 5.74) is 2.66. The third-order valence-corrected chi connectivity index (χ3v) is 6.80. The monoisotopic (exact) mass is 525 g/mol. The Kier molecular flexibility index (Phi) is 9.26. The smallest absolute Gasteiger partial charge is 0.261 e. The maximum Gasteiger partial charge on any atom is 0.261 e. The molecular weight excluding hydrogens is 490 g/mol. The maximum atomic E-state index is 13.7. The van der Waals surface area contributed by atoms with Crippen LogP contribution < -0.4 is 5.32 Å². The molecule has 1 aliphatic rings. The molecule has 0 saturated heterocycles. The minimum absolute atomic E-state index is 0.100. The second-order valence-corrected chi connectivity index (χ2v) is 10.3. The van der Waals surface area contributed by atoms with Crippen molar-refractivity contribution in [1.82, 2.24) is 15.1 Å². The fourth-order valence-electron chi connectivity index (χ4n) is 4.73. The van der Waals surface area contributed by atoms with Crippen LogP contribution in [0.25, 0.3) is 0 Å². The van der Waals surface area contributed by atoms with Gasteiger partial charge in [-0.2, -0.15) is 0 Å². The second kappa shape index (κ2) is 13.0. The van der Waals surface area contributed by atoms with Crippen molar-refractivity contribution in [2.45, 2.75) is 45.7 Å². The van der Waals surface area contributed by atoms with E-state index in [4.69, 9.17) is 0 Å². The van der Waals surface area contributed by atoms with Gasteiger partial charge in [0.25, 0.3) is 11.8 Å². The van der Waals surface area contributed by atoms with Crippen molar-refractivity contribution >= 4 is 23.6 Å². The van der Waals surface area contributed by atoms with E-state index in [1.54, 1.807) is 29.2 Å². The maximum absolute atomic E-state index is 13.7. The molecule has 0 bridgehead atoms. The minimum Gasteiger partial charge on any atom is -0.354 e. The molecule has 0 aromatic heterocycles. The van der Waals surface area contributed by atoms with Crippen LogP contribution in [-0.4, -0.2) is 52.6 Å². The molecule has 3 aromatic rings. The Morgan fingerprint density at radius 3 is 1.90 bits per heavy atom. The van der Waals surface area contributed by atoms with E-state index >= 15 is 0 Å². The van der Waals surface area contributed by atoms with Crippen molar-refractivity contribution in [3.05, 3.63) is 107 Å². The lowest BCUT2D eigenvalue weighted by Gasteiger charge is -2.32. The average molecular weight is 526 g/mol. The molecule has 1 aliphatic heterocycles. The quantitative estimate of drug-likeness (QED) is 0.354. The zero-order valence-electron chi connectivity index (χ0n) is 22.5. The largest absolute Gasteiger partial charge is 0.354 e. The van der Waals surface area contributed by atoms with Crippen molar-refractivity contribution in [3.63, 3.8) is 0 Å². The number of imide groups is 1. The van der Waals surface area contributed by atoms with E-state index in [1.165, 1.54) is 4.90 Å². The van der Waals surface area contributed by atoms with Gasteiger partial charge in [0.1, 0.15) is 6.04 Å². The van der Waals surface area contributed by atoms with Gasteiger partial charge in [-0.05, 0) is 35.6 Å². The highest BCUT2D eigenvalue weighted by Gasteiger charge is 2.35. The SMILES string of the molecule is CC(C)CNC(=O)[C@H](Cc1ccccc1)N(Cc1ccccc1)C(=O)CCCN1C(=O)c2ccccc2C1=O. The van der Waals surface area contributed by atoms with E-state index in [9.17, 15) is 19.2 Å². The molecule has 3 aromatic carbocycles. The highest BCUT2D eigenvalue weighted by Crippen LogP contribution is 2.23. The van der Waals surface area contributed by atoms with Crippen LogP contribution in [0.3, 0.4) is 0 Å². The number of nitrogens with one attached hydrogen (secondary N) is 1. The summed E-state index contributed by atoms with van der Waals surface area (Å²) in [4.78, 5) is 55.5. The minimum atomic E-state index is -0.710. The predicted molar refractivity (Wildman–Crippen MR) is 150 cm³/mol. The zero-order valence-corrected chi connectivity index (χ0v) is 22.5. The van der Waals surface area contributed by atoms with Gasteiger partial charge in [0.05, 0.1) is 11.1 Å². The topological polar surface area (TPSA) is 86.8 Å². The molecule has 1 atom stereocenters. The van der Waals surface area contributed by atoms with Crippen LogP contribution in [-0.2, 0) is 22.6 Å². The second-order valence-electron chi connectivity index (χ2n) is 10.3. The number of hydrogen-bond donors (Lipinski definition) is 1. The van der Waals surface area contributed by atoms with Gasteiger partial charge >= 0.3 is 0 Å². The van der Waals surface area contributed by atoms with Crippen molar-refractivity contribution in [2.24, 2.45) is 5.92 Å². The molecule has 202 valence electrons. The normalized spacial score (nSPS) is 13.4. The molecule has 1 heterocycles. The molecule has 0 aliphatic carbocycles. The molecule has 4 amide bonds. The van der Waals surface area contributed by atoms with Crippen LogP contribution in [0.1, 0.15) is 58.5 Å². The van der Waals surface area contributed by atoms with Crippen LogP contribution in [0.5, 0.6) is 0 Å². The van der Waals surface area contributed by atoms with Gasteiger partial charge in [-0.25, -0.2) is 0 Å². The Morgan fingerprint density at radius 2 is 1.33 bits per heavy atom. The third kappa shape index (κ3) is 6.99. The summed E-state index contributed by atoms with van der Waals surface area (Å²) in [7, 11) is 0. The van der Waals surface area contributed by atoms with Crippen molar-refractivity contribution in [1.29, 1.82) is 0 Å². The number of nitrogens with zero attached hydrogens (tertiary/aromatic N) is 2. The number of hydrogen-bond acceptors (Lipinski definition) is 4. The lowest BCUT2D eigenvalue weighted by atomic mass is 10.0. The predicted octanol–water partition coefficient (Wildman–Crippen LogP) is 4.48. The van der Waals surface area contributed by atoms with Crippen molar-refractivity contribution in [3.8, 4) is 0 Å². The molecule has 1 N–H and O–H groups in total. The van der Waals surface area contributed by atoms with Gasteiger partial charge < -0.3 is 10.2 Å². The molecule has 4 rings (SSSR count). The van der Waals surface area contributed by atoms with Crippen LogP contribution in [0.15, 0.2) is 84.9 Å². The highest BCUT2D eigenvalue weighted by atomic mass is 16.2. The lowest BCUT2D eigenvalue weighted by Crippen LogP contribution is -2.51. The molecule has 7 heteroatoms. The van der Waals surface area contributed by atoms with Gasteiger partial charge in [-0.15, -0.1) is 0 Å². The summed E-state index contributed by atoms with van der Waals surface area (Å²) < 4.78 is 0. The van der Waals surface area contributed by atoms with Crippen LogP contribution >= 0.6 is 0 Å². The van der Waals surface area contributed by atoms with Gasteiger partial charge in [0.15, 0.2) is 0 Å². The van der Waals surface area contributed by atoms with E-state index in [1.807, 2.05) is 74.5 Å². The van der Waals surface area contributed by atoms with Crippen LogP contribution in [0.2, 0.25) is 0 Å². The lowest BCUT2D eigenvalue weighted by molar-refractivity contribution is -0.141. The van der Waals surface area contributed by atoms with E-state index in [0.717, 1.165) is 11.1 Å². The Balaban J connectivity index is 1.52. The average Bonchev–Trinajstić information content (AvgIpc) is 3.19. The standard InChI is InChI=1S/C32H35N3O4/c1-23(2)21-33-30(37)28(20-24-12-5-3-6-13-24)35(22-25-14-7-4-8-15-25)29(36)18-11-19-34-31(38)26-16-9-10-17-27(26)32(34)39/h3-10,12-17,23,28H,11,18-22H2,1-2H3,(H,33,37)/t28-/m0/s1. The summed E-state index contributed by atoms with van der Waals surface area (Å²) in [6.45, 7) is 4.98. The first-order valence-corrected chi connectivity index (χ1v) is 13.5. The number of carbonyl (C=O) groups excluding carboxylic acids is 4. The Morgan fingerprint density at radius 1 is 0.795 bits per heavy atom. The summed E-state index contributed by atoms with van der Waals surface area (Å²) in [6, 6.07) is 25.3. The van der Waals surface area contributed by atoms with Gasteiger partial charge in [-0.3, -0.25) is 24.1 Å². The van der Waals surface area contributed by atoms with Crippen molar-refractivity contribution < 1.29 is 19.2 Å². The number of amides is 4. The van der Waals surface area contributed by atoms with E-state index in [0.29, 0.717) is 30.5 Å². The summed E-state index contributed by atoms with van der Waals surface area (Å²) >= 11 is 0. The van der Waals surface area contributed by atoms with E-state index < -0.39 is 6.04 Å². The molecule has 0 spiro atoms. The fourth-order valence-corrected chi connectivity index (χ4v) is 4.73. The number of carbonyl (C=O) groups is 4. The van der Waals surface area contributed by atoms with Crippen LogP contribution in [0, 0.1) is 5.92 Å². The fraction of sp³-hybridized carbons (Fsp3) is 0.312. The zero-order chi connectivity index (χ0) is 27.8. The van der Waals surface area contributed by atoms with Gasteiger partial charge in [0.2, 0.25) is 11.8 Å². The van der Waals surface area contributed by atoms with Crippen molar-refractivity contribution in [2.75, 3.05) is 13.1 Å². The van der Waals surface area contributed by atoms with E-state index in [2.05, 4.69) is 5.32 Å². The Labute approximate surface area is 229 Å². The molecule has 7 nitrogen and oxygen atoms in total. The van der Waals surface area contributed by atoms with Gasteiger partial charge in [0, 0.05) is 32.5 Å². The first-order valence-electron chi connectivity index (χ1n) is 13.5. The first-order chi connectivity index (χ1) is 18.8. The molecule has 39 heavy (non-hydrogen) atoms. The number of rotatable bonds is 12. The Bertz CT molecular complexity index is 1270. The Hall–Kier alpha value is -4.26. The summed E-state index contributed by atoms with van der Waals surface area (Å²) in [6.07, 6.45) is 0.784.